The fraction of sp³-hybridized carbons (Fsp3) is 0.727. The Morgan fingerprint density at radius 2 is 1.01 bits per heavy atom. The van der Waals surface area contributed by atoms with E-state index in [0.29, 0.717) is 12.8 Å². The van der Waals surface area contributed by atoms with Crippen LogP contribution in [0.5, 0.6) is 0 Å². The van der Waals surface area contributed by atoms with Crippen LogP contribution in [0.4, 0.5) is 0 Å². The highest BCUT2D eigenvalue weighted by atomic mass is 16.7. The molecule has 0 radical (unpaired) electrons. The number of amides is 1. The van der Waals surface area contributed by atoms with Crippen LogP contribution in [0.1, 0.15) is 162 Å². The van der Waals surface area contributed by atoms with E-state index in [1.807, 2.05) is 18.2 Å². The van der Waals surface area contributed by atoms with E-state index in [9.17, 15) is 45.6 Å². The molecule has 14 nitrogen and oxygen atoms in total. The first-order chi connectivity index (χ1) is 33.6. The van der Waals surface area contributed by atoms with Crippen molar-refractivity contribution in [1.82, 2.24) is 5.32 Å². The number of hydrogen-bond donors (Lipinski definition) is 9. The number of aliphatic hydroxyl groups excluding tert-OH is 8. The van der Waals surface area contributed by atoms with Gasteiger partial charge < -0.3 is 65.1 Å². The number of nitrogens with one attached hydrogen (secondary N) is 1. The number of allylic oxidation sites excluding steroid dienone is 12. The highest BCUT2D eigenvalue weighted by Crippen LogP contribution is 2.30. The molecule has 0 aromatic carbocycles. The van der Waals surface area contributed by atoms with Crippen molar-refractivity contribution in [1.29, 1.82) is 0 Å². The summed E-state index contributed by atoms with van der Waals surface area (Å²) in [5.74, 6) is -0.379. The predicted octanol–water partition coefficient (Wildman–Crippen LogP) is 7.38. The zero-order chi connectivity index (χ0) is 50.3. The van der Waals surface area contributed by atoms with Gasteiger partial charge in [-0.15, -0.1) is 0 Å². The van der Waals surface area contributed by atoms with E-state index in [4.69, 9.17) is 18.9 Å². The van der Waals surface area contributed by atoms with Crippen LogP contribution in [-0.4, -0.2) is 140 Å². The van der Waals surface area contributed by atoms with Gasteiger partial charge in [0.1, 0.15) is 48.8 Å². The maximum Gasteiger partial charge on any atom is 0.224 e. The molecule has 69 heavy (non-hydrogen) atoms. The summed E-state index contributed by atoms with van der Waals surface area (Å²) in [4.78, 5) is 13.1. The Labute approximate surface area is 414 Å². The summed E-state index contributed by atoms with van der Waals surface area (Å²) in [5, 5.41) is 86.7. The van der Waals surface area contributed by atoms with Gasteiger partial charge in [0.2, 0.25) is 5.91 Å². The molecular formula is C55H93NO13. The predicted molar refractivity (Wildman–Crippen MR) is 272 cm³/mol. The molecule has 2 heterocycles. The molecule has 2 saturated heterocycles. The Morgan fingerprint density at radius 3 is 1.57 bits per heavy atom. The van der Waals surface area contributed by atoms with Crippen molar-refractivity contribution in [2.24, 2.45) is 0 Å². The molecule has 1 amide bonds. The van der Waals surface area contributed by atoms with Crippen LogP contribution in [0.15, 0.2) is 85.1 Å². The van der Waals surface area contributed by atoms with Crippen molar-refractivity contribution in [3.05, 3.63) is 85.1 Å². The van der Waals surface area contributed by atoms with Crippen LogP contribution in [0.2, 0.25) is 0 Å². The first-order valence-electron chi connectivity index (χ1n) is 26.3. The zero-order valence-corrected chi connectivity index (χ0v) is 42.0. The number of rotatable bonds is 39. The van der Waals surface area contributed by atoms with Crippen LogP contribution in [0.3, 0.4) is 0 Å². The van der Waals surface area contributed by atoms with E-state index in [-0.39, 0.29) is 18.9 Å². The quantitative estimate of drug-likeness (QED) is 0.0217. The summed E-state index contributed by atoms with van der Waals surface area (Å²) in [6.45, 7) is 2.57. The molecule has 0 aliphatic carbocycles. The van der Waals surface area contributed by atoms with Gasteiger partial charge in [0.25, 0.3) is 0 Å². The van der Waals surface area contributed by atoms with Gasteiger partial charge in [-0.25, -0.2) is 0 Å². The molecule has 0 saturated carbocycles. The van der Waals surface area contributed by atoms with Crippen molar-refractivity contribution in [3.63, 3.8) is 0 Å². The Balaban J connectivity index is 1.89. The number of ether oxygens (including phenoxy) is 4. The molecule has 2 rings (SSSR count). The Bertz CT molecular complexity index is 1480. The number of unbranched alkanes of at least 4 members (excludes halogenated alkanes) is 15. The van der Waals surface area contributed by atoms with E-state index in [1.165, 1.54) is 89.9 Å². The first-order valence-corrected chi connectivity index (χ1v) is 26.3. The first kappa shape index (κ1) is 62.3. The van der Waals surface area contributed by atoms with Gasteiger partial charge in [-0.1, -0.05) is 182 Å². The smallest absolute Gasteiger partial charge is 0.224 e. The van der Waals surface area contributed by atoms with Gasteiger partial charge in [-0.05, 0) is 57.8 Å². The molecule has 2 fully saturated rings. The summed E-state index contributed by atoms with van der Waals surface area (Å²) in [6.07, 6.45) is 36.6. The van der Waals surface area contributed by atoms with Gasteiger partial charge in [0, 0.05) is 6.42 Å². The minimum absolute atomic E-state index is 0.0371. The van der Waals surface area contributed by atoms with Crippen LogP contribution >= 0.6 is 0 Å². The van der Waals surface area contributed by atoms with E-state index in [2.05, 4.69) is 73.8 Å². The molecular weight excluding hydrogens is 883 g/mol. The highest BCUT2D eigenvalue weighted by Gasteiger charge is 2.51. The van der Waals surface area contributed by atoms with Crippen molar-refractivity contribution in [2.45, 2.75) is 235 Å². The summed E-state index contributed by atoms with van der Waals surface area (Å²) >= 11 is 0. The van der Waals surface area contributed by atoms with Gasteiger partial charge in [0.15, 0.2) is 12.6 Å². The third-order valence-electron chi connectivity index (χ3n) is 12.3. The maximum atomic E-state index is 13.1. The summed E-state index contributed by atoms with van der Waals surface area (Å²) in [5.41, 5.74) is 0. The molecule has 2 aliphatic rings. The van der Waals surface area contributed by atoms with E-state index in [0.717, 1.165) is 38.5 Å². The van der Waals surface area contributed by atoms with Crippen molar-refractivity contribution >= 4 is 5.91 Å². The average molecular weight is 976 g/mol. The molecule has 9 N–H and O–H groups in total. The molecule has 12 unspecified atom stereocenters. The van der Waals surface area contributed by atoms with Crippen LogP contribution in [0.25, 0.3) is 0 Å². The lowest BCUT2D eigenvalue weighted by atomic mass is 9.97. The molecule has 396 valence electrons. The number of hydrogen-bond acceptors (Lipinski definition) is 13. The van der Waals surface area contributed by atoms with E-state index >= 15 is 0 Å². The molecule has 12 atom stereocenters. The average Bonchev–Trinajstić information content (AvgIpc) is 3.35. The summed E-state index contributed by atoms with van der Waals surface area (Å²) in [6, 6.07) is -0.990. The molecule has 0 aromatic heterocycles. The normalized spacial score (nSPS) is 26.9. The third-order valence-corrected chi connectivity index (χ3v) is 12.3. The fourth-order valence-electron chi connectivity index (χ4n) is 8.08. The summed E-state index contributed by atoms with van der Waals surface area (Å²) in [7, 11) is 0. The van der Waals surface area contributed by atoms with Crippen molar-refractivity contribution in [3.8, 4) is 0 Å². The second-order valence-electron chi connectivity index (χ2n) is 18.3. The van der Waals surface area contributed by atoms with Gasteiger partial charge in [0.05, 0.1) is 32.0 Å². The largest absolute Gasteiger partial charge is 0.394 e. The van der Waals surface area contributed by atoms with Crippen molar-refractivity contribution in [2.75, 3.05) is 19.8 Å². The Hall–Kier alpha value is -2.83. The van der Waals surface area contributed by atoms with Crippen LogP contribution in [0, 0.1) is 0 Å². The molecule has 0 spiro atoms. The molecule has 0 aromatic rings. The van der Waals surface area contributed by atoms with Crippen LogP contribution in [-0.2, 0) is 23.7 Å². The van der Waals surface area contributed by atoms with E-state index < -0.39 is 86.8 Å². The van der Waals surface area contributed by atoms with Gasteiger partial charge in [-0.3, -0.25) is 4.79 Å². The summed E-state index contributed by atoms with van der Waals surface area (Å²) < 4.78 is 22.6. The fourth-order valence-corrected chi connectivity index (χ4v) is 8.08. The van der Waals surface area contributed by atoms with Gasteiger partial charge in [-0.2, -0.15) is 0 Å². The SMILES string of the molecule is CC/C=C\C/C=C\C/C=C\C/C=C\C/C=C\CC(=O)NC(COC1OC(CO)C(OC2OC(CO)C(O)C(O)C2O)C(O)C1O)C(O)/C=C/CC/C=C/CCCCCCCCCCCCCCCC. The molecule has 0 bridgehead atoms. The second kappa shape index (κ2) is 40.7. The number of carbonyl (C=O) groups is 1. The van der Waals surface area contributed by atoms with Gasteiger partial charge >= 0.3 is 0 Å². The third kappa shape index (κ3) is 27.5. The lowest BCUT2D eigenvalue weighted by molar-refractivity contribution is -0.359. The number of aliphatic hydroxyl groups is 8. The zero-order valence-electron chi connectivity index (χ0n) is 42.0. The minimum Gasteiger partial charge on any atom is -0.394 e. The standard InChI is InChI=1S/C55H93NO13/c1-3-5-7-9-11-13-15-17-19-20-21-22-23-25-26-28-30-32-34-36-38-44(59)43(56-47(60)39-37-35-33-31-29-27-24-18-16-14-12-10-8-6-4-2)42-66-54-52(65)50(63)53(46(41-58)68-54)69-55-51(64)49(62)48(61)45(40-57)67-55/h6,8,12,14,18,24,28-31,35-38,43-46,48-55,57-59,61-65H,3-5,7,9-11,13,15-17,19-23,25-27,32-34,39-42H2,1-2H3,(H,56,60)/b8-6-,14-12-,24-18-,30-28+,31-29-,37-35-,38-36+. The number of carbonyl (C=O) groups excluding carboxylic acids is 1. The highest BCUT2D eigenvalue weighted by molar-refractivity contribution is 5.77. The lowest BCUT2D eigenvalue weighted by Crippen LogP contribution is -2.65. The molecule has 2 aliphatic heterocycles. The lowest BCUT2D eigenvalue weighted by Gasteiger charge is -2.46. The Morgan fingerprint density at radius 1 is 0.536 bits per heavy atom. The molecule has 14 heteroatoms. The Kier molecular flexibility index (Phi) is 36.8. The van der Waals surface area contributed by atoms with Crippen LogP contribution < -0.4 is 5.32 Å². The minimum atomic E-state index is -1.80. The van der Waals surface area contributed by atoms with E-state index in [1.54, 1.807) is 12.2 Å². The second-order valence-corrected chi connectivity index (χ2v) is 18.3. The van der Waals surface area contributed by atoms with Crippen molar-refractivity contribution < 1.29 is 64.6 Å². The maximum absolute atomic E-state index is 13.1. The monoisotopic (exact) mass is 976 g/mol. The topological polar surface area (TPSA) is 228 Å².